The lowest BCUT2D eigenvalue weighted by atomic mass is 9.96. The Hall–Kier alpha value is -2.40. The average Bonchev–Trinajstić information content (AvgIpc) is 2.58. The standard InChI is InChI=1S/C19H23NO4/c1-3-13(2)24-12-18(21)20-17(11-19(22)23)16-10-6-8-14-7-4-5-9-15(14)16/h4-10,13,17H,3,11-12H2,1-2H3,(H,20,21)(H,22,23)/t13?,17-/m1/s1. The van der Waals surface area contributed by atoms with E-state index in [0.717, 1.165) is 22.8 Å². The van der Waals surface area contributed by atoms with Crippen LogP contribution >= 0.6 is 0 Å². The molecule has 0 aliphatic rings. The smallest absolute Gasteiger partial charge is 0.305 e. The van der Waals surface area contributed by atoms with Gasteiger partial charge in [-0.3, -0.25) is 9.59 Å². The third kappa shape index (κ3) is 4.80. The number of carboxylic acid groups (broad SMARTS) is 1. The minimum Gasteiger partial charge on any atom is -0.481 e. The summed E-state index contributed by atoms with van der Waals surface area (Å²) in [6, 6.07) is 12.8. The lowest BCUT2D eigenvalue weighted by Gasteiger charge is -2.20. The SMILES string of the molecule is CCC(C)OCC(=O)N[C@H](CC(=O)O)c1cccc2ccccc12. The number of fused-ring (bicyclic) bond motifs is 1. The number of amides is 1. The predicted octanol–water partition coefficient (Wildman–Crippen LogP) is 3.29. The van der Waals surface area contributed by atoms with Gasteiger partial charge in [0.05, 0.1) is 18.6 Å². The maximum absolute atomic E-state index is 12.1. The van der Waals surface area contributed by atoms with Crippen LogP contribution in [0.5, 0.6) is 0 Å². The second kappa shape index (κ2) is 8.45. The van der Waals surface area contributed by atoms with Crippen LogP contribution in [0.15, 0.2) is 42.5 Å². The van der Waals surface area contributed by atoms with Crippen molar-refractivity contribution in [3.05, 3.63) is 48.0 Å². The Morgan fingerprint density at radius 1 is 1.17 bits per heavy atom. The quantitative estimate of drug-likeness (QED) is 0.779. The molecule has 1 unspecified atom stereocenters. The van der Waals surface area contributed by atoms with Crippen molar-refractivity contribution < 1.29 is 19.4 Å². The number of carbonyl (C=O) groups is 2. The molecule has 0 fully saturated rings. The zero-order valence-corrected chi connectivity index (χ0v) is 14.0. The lowest BCUT2D eigenvalue weighted by molar-refractivity contribution is -0.138. The molecule has 0 saturated heterocycles. The number of ether oxygens (including phenoxy) is 1. The molecule has 0 aliphatic heterocycles. The van der Waals surface area contributed by atoms with Crippen LogP contribution in [-0.4, -0.2) is 29.7 Å². The Bertz CT molecular complexity index is 708. The van der Waals surface area contributed by atoms with Crippen molar-refractivity contribution in [1.29, 1.82) is 0 Å². The number of nitrogens with one attached hydrogen (secondary N) is 1. The maximum atomic E-state index is 12.1. The van der Waals surface area contributed by atoms with Gasteiger partial charge in [0.1, 0.15) is 6.61 Å². The second-order valence-electron chi connectivity index (χ2n) is 5.82. The third-order valence-corrected chi connectivity index (χ3v) is 3.99. The number of hydrogen-bond donors (Lipinski definition) is 2. The molecule has 5 nitrogen and oxygen atoms in total. The van der Waals surface area contributed by atoms with Gasteiger partial charge in [-0.05, 0) is 29.7 Å². The van der Waals surface area contributed by atoms with Gasteiger partial charge < -0.3 is 15.2 Å². The molecule has 2 aromatic rings. The maximum Gasteiger partial charge on any atom is 0.305 e. The van der Waals surface area contributed by atoms with Crippen LogP contribution in [0.25, 0.3) is 10.8 Å². The van der Waals surface area contributed by atoms with Gasteiger partial charge in [-0.2, -0.15) is 0 Å². The molecule has 0 bridgehead atoms. The Balaban J connectivity index is 2.21. The van der Waals surface area contributed by atoms with E-state index in [1.165, 1.54) is 0 Å². The summed E-state index contributed by atoms with van der Waals surface area (Å²) in [5.41, 5.74) is 0.799. The molecular formula is C19H23NO4. The summed E-state index contributed by atoms with van der Waals surface area (Å²) < 4.78 is 5.42. The highest BCUT2D eigenvalue weighted by atomic mass is 16.5. The Labute approximate surface area is 141 Å². The molecular weight excluding hydrogens is 306 g/mol. The fourth-order valence-corrected chi connectivity index (χ4v) is 2.54. The first-order chi connectivity index (χ1) is 11.5. The molecule has 0 heterocycles. The molecule has 0 aliphatic carbocycles. The van der Waals surface area contributed by atoms with Crippen molar-refractivity contribution in [2.75, 3.05) is 6.61 Å². The van der Waals surface area contributed by atoms with Crippen molar-refractivity contribution in [1.82, 2.24) is 5.32 Å². The fourth-order valence-electron chi connectivity index (χ4n) is 2.54. The monoisotopic (exact) mass is 329 g/mol. The van der Waals surface area contributed by atoms with Crippen molar-refractivity contribution in [3.63, 3.8) is 0 Å². The minimum absolute atomic E-state index is 0.00812. The summed E-state index contributed by atoms with van der Waals surface area (Å²) in [5, 5.41) is 13.9. The normalized spacial score (nSPS) is 13.4. The van der Waals surface area contributed by atoms with Crippen LogP contribution in [0.4, 0.5) is 0 Å². The van der Waals surface area contributed by atoms with Crippen LogP contribution in [0.1, 0.15) is 38.3 Å². The van der Waals surface area contributed by atoms with E-state index < -0.39 is 12.0 Å². The van der Waals surface area contributed by atoms with Crippen LogP contribution in [0.3, 0.4) is 0 Å². The van der Waals surface area contributed by atoms with E-state index in [9.17, 15) is 14.7 Å². The summed E-state index contributed by atoms with van der Waals surface area (Å²) in [5.74, 6) is -1.27. The first-order valence-corrected chi connectivity index (χ1v) is 8.11. The minimum atomic E-state index is -0.962. The summed E-state index contributed by atoms with van der Waals surface area (Å²) in [4.78, 5) is 23.4. The highest BCUT2D eigenvalue weighted by Crippen LogP contribution is 2.26. The lowest BCUT2D eigenvalue weighted by Crippen LogP contribution is -2.34. The van der Waals surface area contributed by atoms with Crippen molar-refractivity contribution in [2.45, 2.75) is 38.8 Å². The van der Waals surface area contributed by atoms with E-state index in [4.69, 9.17) is 4.74 Å². The van der Waals surface area contributed by atoms with Gasteiger partial charge in [0, 0.05) is 0 Å². The number of carbonyl (C=O) groups excluding carboxylic acids is 1. The number of hydrogen-bond acceptors (Lipinski definition) is 3. The molecule has 2 N–H and O–H groups in total. The van der Waals surface area contributed by atoms with E-state index in [-0.39, 0.29) is 25.0 Å². The van der Waals surface area contributed by atoms with Crippen LogP contribution < -0.4 is 5.32 Å². The number of benzene rings is 2. The van der Waals surface area contributed by atoms with Gasteiger partial charge in [0.25, 0.3) is 0 Å². The third-order valence-electron chi connectivity index (χ3n) is 3.99. The van der Waals surface area contributed by atoms with Crippen molar-refractivity contribution in [3.8, 4) is 0 Å². The van der Waals surface area contributed by atoms with Crippen molar-refractivity contribution >= 4 is 22.6 Å². The van der Waals surface area contributed by atoms with Gasteiger partial charge in [-0.1, -0.05) is 49.4 Å². The zero-order chi connectivity index (χ0) is 17.5. The highest BCUT2D eigenvalue weighted by Gasteiger charge is 2.20. The van der Waals surface area contributed by atoms with Crippen LogP contribution in [-0.2, 0) is 14.3 Å². The molecule has 0 spiro atoms. The number of carboxylic acids is 1. The first-order valence-electron chi connectivity index (χ1n) is 8.11. The van der Waals surface area contributed by atoms with Gasteiger partial charge >= 0.3 is 5.97 Å². The summed E-state index contributed by atoms with van der Waals surface area (Å²) in [6.45, 7) is 3.80. The van der Waals surface area contributed by atoms with Gasteiger partial charge in [-0.25, -0.2) is 0 Å². The molecule has 2 atom stereocenters. The van der Waals surface area contributed by atoms with Crippen molar-refractivity contribution in [2.24, 2.45) is 0 Å². The molecule has 1 amide bonds. The largest absolute Gasteiger partial charge is 0.481 e. The molecule has 24 heavy (non-hydrogen) atoms. The predicted molar refractivity (Wildman–Crippen MR) is 92.8 cm³/mol. The molecule has 2 rings (SSSR count). The highest BCUT2D eigenvalue weighted by molar-refractivity contribution is 5.87. The molecule has 5 heteroatoms. The van der Waals surface area contributed by atoms with E-state index in [1.807, 2.05) is 56.3 Å². The van der Waals surface area contributed by atoms with Crippen LogP contribution in [0, 0.1) is 0 Å². The second-order valence-corrected chi connectivity index (χ2v) is 5.82. The van der Waals surface area contributed by atoms with E-state index in [2.05, 4.69) is 5.32 Å². The zero-order valence-electron chi connectivity index (χ0n) is 14.0. The molecule has 0 saturated carbocycles. The Kier molecular flexibility index (Phi) is 6.32. The number of aliphatic carboxylic acids is 1. The summed E-state index contributed by atoms with van der Waals surface area (Å²) in [7, 11) is 0. The summed E-state index contributed by atoms with van der Waals surface area (Å²) >= 11 is 0. The van der Waals surface area contributed by atoms with Gasteiger partial charge in [0.15, 0.2) is 0 Å². The van der Waals surface area contributed by atoms with Crippen LogP contribution in [0.2, 0.25) is 0 Å². The molecule has 0 radical (unpaired) electrons. The van der Waals surface area contributed by atoms with E-state index in [1.54, 1.807) is 0 Å². The molecule has 128 valence electrons. The first kappa shape index (κ1) is 17.9. The summed E-state index contributed by atoms with van der Waals surface area (Å²) in [6.07, 6.45) is 0.629. The van der Waals surface area contributed by atoms with E-state index >= 15 is 0 Å². The Morgan fingerprint density at radius 2 is 1.88 bits per heavy atom. The topological polar surface area (TPSA) is 75.6 Å². The Morgan fingerprint density at radius 3 is 2.58 bits per heavy atom. The van der Waals surface area contributed by atoms with E-state index in [0.29, 0.717) is 0 Å². The average molecular weight is 329 g/mol. The number of rotatable bonds is 8. The molecule has 0 aromatic heterocycles. The molecule has 2 aromatic carbocycles. The fraction of sp³-hybridized carbons (Fsp3) is 0.368. The van der Waals surface area contributed by atoms with Gasteiger partial charge in [-0.15, -0.1) is 0 Å². The van der Waals surface area contributed by atoms with Gasteiger partial charge in [0.2, 0.25) is 5.91 Å².